The Labute approximate surface area is 174 Å². The van der Waals surface area contributed by atoms with Crippen LogP contribution in [0.1, 0.15) is 47.9 Å². The average molecular weight is 391 g/mol. The molecule has 3 heteroatoms. The highest BCUT2D eigenvalue weighted by molar-refractivity contribution is 5.48. The molecule has 0 amide bonds. The van der Waals surface area contributed by atoms with Gasteiger partial charge < -0.3 is 14.2 Å². The van der Waals surface area contributed by atoms with Crippen molar-refractivity contribution in [2.75, 3.05) is 13.2 Å². The van der Waals surface area contributed by atoms with Gasteiger partial charge in [0.15, 0.2) is 0 Å². The summed E-state index contributed by atoms with van der Waals surface area (Å²) in [5.41, 5.74) is 4.77. The van der Waals surface area contributed by atoms with Crippen LogP contribution in [0, 0.1) is 0 Å². The zero-order valence-corrected chi connectivity index (χ0v) is 17.3. The fraction of sp³-hybridized carbons (Fsp3) is 0.385. The van der Waals surface area contributed by atoms with E-state index in [4.69, 9.17) is 14.2 Å². The monoisotopic (exact) mass is 390 g/mol. The van der Waals surface area contributed by atoms with Crippen LogP contribution in [-0.4, -0.2) is 37.6 Å². The SMILES string of the molecule is C=Cc1ccc(C(C)C(OC(C2CO2)C(C)c2ccc(C=C)cc2)C2CO2)cc1. The Morgan fingerprint density at radius 2 is 1.10 bits per heavy atom. The molecule has 6 unspecified atom stereocenters. The van der Waals surface area contributed by atoms with Crippen molar-refractivity contribution in [3.05, 3.63) is 83.9 Å². The van der Waals surface area contributed by atoms with Gasteiger partial charge in [-0.3, -0.25) is 0 Å². The number of ether oxygens (including phenoxy) is 3. The van der Waals surface area contributed by atoms with E-state index < -0.39 is 0 Å². The van der Waals surface area contributed by atoms with Gasteiger partial charge in [-0.15, -0.1) is 0 Å². The Balaban J connectivity index is 1.52. The van der Waals surface area contributed by atoms with Gasteiger partial charge in [0.1, 0.15) is 12.2 Å². The number of hydrogen-bond donors (Lipinski definition) is 0. The predicted molar refractivity (Wildman–Crippen MR) is 118 cm³/mol. The minimum absolute atomic E-state index is 0.00804. The van der Waals surface area contributed by atoms with Gasteiger partial charge in [-0.05, 0) is 22.3 Å². The Bertz CT molecular complexity index is 760. The molecule has 4 rings (SSSR count). The molecule has 2 aromatic rings. The summed E-state index contributed by atoms with van der Waals surface area (Å²) in [4.78, 5) is 0. The van der Waals surface area contributed by atoms with Crippen LogP contribution in [0.25, 0.3) is 12.2 Å². The number of rotatable bonds is 10. The quantitative estimate of drug-likeness (QED) is 0.507. The largest absolute Gasteiger partial charge is 0.370 e. The van der Waals surface area contributed by atoms with Crippen molar-refractivity contribution in [1.29, 1.82) is 0 Å². The molecule has 2 aromatic carbocycles. The molecule has 0 N–H and O–H groups in total. The van der Waals surface area contributed by atoms with Crippen LogP contribution in [0.3, 0.4) is 0 Å². The summed E-state index contributed by atoms with van der Waals surface area (Å²) >= 11 is 0. The van der Waals surface area contributed by atoms with E-state index in [0.29, 0.717) is 0 Å². The second-order valence-electron chi connectivity index (χ2n) is 8.13. The molecule has 0 aliphatic carbocycles. The van der Waals surface area contributed by atoms with Gasteiger partial charge in [-0.1, -0.05) is 87.7 Å². The first kappa shape index (κ1) is 20.1. The minimum Gasteiger partial charge on any atom is -0.370 e. The lowest BCUT2D eigenvalue weighted by Crippen LogP contribution is -2.36. The summed E-state index contributed by atoms with van der Waals surface area (Å²) in [5.74, 6) is 0.468. The molecule has 29 heavy (non-hydrogen) atoms. The van der Waals surface area contributed by atoms with Crippen molar-refractivity contribution >= 4 is 12.2 Å². The standard InChI is InChI=1S/C26H30O3/c1-5-19-7-11-21(12-8-19)17(3)25(23-15-27-23)29-26(24-16-28-24)18(4)22-13-9-20(6-2)10-14-22/h5-14,17-18,23-26H,1-2,15-16H2,3-4H3. The van der Waals surface area contributed by atoms with Crippen LogP contribution in [0.5, 0.6) is 0 Å². The molecule has 2 saturated heterocycles. The molecule has 0 saturated carbocycles. The van der Waals surface area contributed by atoms with Crippen molar-refractivity contribution < 1.29 is 14.2 Å². The van der Waals surface area contributed by atoms with Gasteiger partial charge in [-0.25, -0.2) is 0 Å². The maximum Gasteiger partial charge on any atom is 0.108 e. The Morgan fingerprint density at radius 1 is 0.759 bits per heavy atom. The minimum atomic E-state index is 0.00804. The molecule has 0 radical (unpaired) electrons. The summed E-state index contributed by atoms with van der Waals surface area (Å²) in [7, 11) is 0. The molecule has 2 aliphatic rings. The number of benzene rings is 2. The van der Waals surface area contributed by atoms with E-state index in [1.54, 1.807) is 0 Å². The fourth-order valence-corrected chi connectivity index (χ4v) is 3.98. The Kier molecular flexibility index (Phi) is 6.00. The van der Waals surface area contributed by atoms with Gasteiger partial charge >= 0.3 is 0 Å². The molecular formula is C26H30O3. The van der Waals surface area contributed by atoms with Crippen molar-refractivity contribution in [1.82, 2.24) is 0 Å². The molecule has 2 fully saturated rings. The fourth-order valence-electron chi connectivity index (χ4n) is 3.98. The lowest BCUT2D eigenvalue weighted by atomic mass is 9.90. The van der Waals surface area contributed by atoms with E-state index in [-0.39, 0.29) is 36.3 Å². The summed E-state index contributed by atoms with van der Waals surface area (Å²) < 4.78 is 18.1. The second-order valence-corrected chi connectivity index (χ2v) is 8.13. The highest BCUT2D eigenvalue weighted by Gasteiger charge is 2.45. The highest BCUT2D eigenvalue weighted by atomic mass is 16.6. The maximum absolute atomic E-state index is 6.75. The van der Waals surface area contributed by atoms with E-state index in [1.807, 2.05) is 12.2 Å². The summed E-state index contributed by atoms with van der Waals surface area (Å²) in [5, 5.41) is 0. The molecular weight excluding hydrogens is 360 g/mol. The molecule has 6 atom stereocenters. The van der Waals surface area contributed by atoms with E-state index in [1.165, 1.54) is 11.1 Å². The van der Waals surface area contributed by atoms with Gasteiger partial charge in [0.2, 0.25) is 0 Å². The third-order valence-corrected chi connectivity index (χ3v) is 6.15. The first-order valence-corrected chi connectivity index (χ1v) is 10.4. The van der Waals surface area contributed by atoms with Crippen LogP contribution < -0.4 is 0 Å². The van der Waals surface area contributed by atoms with Crippen molar-refractivity contribution in [3.63, 3.8) is 0 Å². The molecule has 2 heterocycles. The molecule has 3 nitrogen and oxygen atoms in total. The smallest absolute Gasteiger partial charge is 0.108 e. The Hall–Kier alpha value is -2.20. The van der Waals surface area contributed by atoms with E-state index >= 15 is 0 Å². The molecule has 2 aliphatic heterocycles. The predicted octanol–water partition coefficient (Wildman–Crippen LogP) is 5.43. The van der Waals surface area contributed by atoms with Gasteiger partial charge in [0.25, 0.3) is 0 Å². The van der Waals surface area contributed by atoms with Crippen LogP contribution in [0.2, 0.25) is 0 Å². The van der Waals surface area contributed by atoms with Gasteiger partial charge in [-0.2, -0.15) is 0 Å². The molecule has 152 valence electrons. The first-order valence-electron chi connectivity index (χ1n) is 10.4. The zero-order chi connectivity index (χ0) is 20.4. The van der Waals surface area contributed by atoms with E-state index in [2.05, 4.69) is 75.5 Å². The van der Waals surface area contributed by atoms with Gasteiger partial charge in [0, 0.05) is 11.8 Å². The zero-order valence-electron chi connectivity index (χ0n) is 17.3. The highest BCUT2D eigenvalue weighted by Crippen LogP contribution is 2.37. The topological polar surface area (TPSA) is 34.3 Å². The lowest BCUT2D eigenvalue weighted by Gasteiger charge is -2.31. The van der Waals surface area contributed by atoms with Crippen molar-refractivity contribution in [2.45, 2.75) is 50.1 Å². The lowest BCUT2D eigenvalue weighted by molar-refractivity contribution is -0.0580. The second kappa shape index (κ2) is 8.66. The Morgan fingerprint density at radius 3 is 1.38 bits per heavy atom. The average Bonchev–Trinajstić information content (AvgIpc) is 3.67. The summed E-state index contributed by atoms with van der Waals surface area (Å²) in [6.45, 7) is 13.7. The van der Waals surface area contributed by atoms with Gasteiger partial charge in [0.05, 0.1) is 25.4 Å². The molecule has 0 aromatic heterocycles. The van der Waals surface area contributed by atoms with Crippen LogP contribution in [0.4, 0.5) is 0 Å². The molecule has 0 spiro atoms. The number of epoxide rings is 2. The third kappa shape index (κ3) is 4.69. The summed E-state index contributed by atoms with van der Waals surface area (Å²) in [6, 6.07) is 17.1. The van der Waals surface area contributed by atoms with Crippen LogP contribution in [0.15, 0.2) is 61.7 Å². The van der Waals surface area contributed by atoms with E-state index in [0.717, 1.165) is 24.3 Å². The van der Waals surface area contributed by atoms with E-state index in [9.17, 15) is 0 Å². The normalized spacial score (nSPS) is 24.2. The van der Waals surface area contributed by atoms with Crippen LogP contribution >= 0.6 is 0 Å². The maximum atomic E-state index is 6.75. The number of hydrogen-bond acceptors (Lipinski definition) is 3. The van der Waals surface area contributed by atoms with Crippen molar-refractivity contribution in [2.24, 2.45) is 0 Å². The molecule has 0 bridgehead atoms. The third-order valence-electron chi connectivity index (χ3n) is 6.15. The van der Waals surface area contributed by atoms with Crippen molar-refractivity contribution in [3.8, 4) is 0 Å². The first-order chi connectivity index (χ1) is 14.1. The summed E-state index contributed by atoms with van der Waals surface area (Å²) in [6.07, 6.45) is 4.06. The van der Waals surface area contributed by atoms with Crippen LogP contribution in [-0.2, 0) is 14.2 Å².